The van der Waals surface area contributed by atoms with E-state index in [1.165, 1.54) is 6.07 Å². The summed E-state index contributed by atoms with van der Waals surface area (Å²) in [6, 6.07) is 13.7. The minimum Gasteiger partial charge on any atom is -0.382 e. The maximum Gasteiger partial charge on any atom is 0.142 e. The summed E-state index contributed by atoms with van der Waals surface area (Å²) < 4.78 is 13.6. The van der Waals surface area contributed by atoms with Crippen molar-refractivity contribution >= 4 is 64.6 Å². The molecule has 0 bridgehead atoms. The largest absolute Gasteiger partial charge is 0.382 e. The molecule has 0 aliphatic heterocycles. The van der Waals surface area contributed by atoms with Crippen LogP contribution < -0.4 is 10.6 Å². The van der Waals surface area contributed by atoms with E-state index in [-0.39, 0.29) is 35.7 Å². The predicted molar refractivity (Wildman–Crippen MR) is 129 cm³/mol. The van der Waals surface area contributed by atoms with Gasteiger partial charge in [-0.15, -0.1) is 24.8 Å². The Morgan fingerprint density at radius 3 is 2.40 bits per heavy atom. The standard InChI is InChI=1S/C22H22Cl2FN3.2ClH/c23-15-2-7-18-21(9-10-26-22(18)12-15)28-17-5-3-16(4-6-17)27-13-14-1-8-19(24)20(25)11-14;;/h1-2,7-12,16-17,27H,3-6,13H2,(H,26,28);2*1H/t16-,17+;;. The topological polar surface area (TPSA) is 37.0 Å². The summed E-state index contributed by atoms with van der Waals surface area (Å²) in [5.41, 5.74) is 2.93. The average Bonchev–Trinajstić information content (AvgIpc) is 2.70. The molecule has 1 saturated carbocycles. The van der Waals surface area contributed by atoms with Crippen molar-refractivity contribution in [3.63, 3.8) is 0 Å². The Morgan fingerprint density at radius 2 is 1.67 bits per heavy atom. The Kier molecular flexibility index (Phi) is 9.45. The molecule has 0 atom stereocenters. The second-order valence-corrected chi connectivity index (χ2v) is 8.19. The van der Waals surface area contributed by atoms with Crippen LogP contribution in [0.25, 0.3) is 10.9 Å². The first kappa shape index (κ1) is 25.0. The summed E-state index contributed by atoms with van der Waals surface area (Å²) in [5, 5.41) is 9.18. The number of benzene rings is 2. The van der Waals surface area contributed by atoms with Crippen LogP contribution in [0.3, 0.4) is 0 Å². The predicted octanol–water partition coefficient (Wildman–Crippen LogP) is 7.04. The molecule has 2 aromatic carbocycles. The highest BCUT2D eigenvalue weighted by Crippen LogP contribution is 2.28. The molecule has 8 heteroatoms. The summed E-state index contributed by atoms with van der Waals surface area (Å²) in [6.07, 6.45) is 6.17. The number of halogens is 5. The minimum atomic E-state index is -0.361. The van der Waals surface area contributed by atoms with E-state index in [9.17, 15) is 4.39 Å². The van der Waals surface area contributed by atoms with Gasteiger partial charge >= 0.3 is 0 Å². The summed E-state index contributed by atoms with van der Waals surface area (Å²) in [5.74, 6) is -0.361. The lowest BCUT2D eigenvalue weighted by Crippen LogP contribution is -2.36. The van der Waals surface area contributed by atoms with Crippen LogP contribution in [-0.2, 0) is 6.54 Å². The highest BCUT2D eigenvalue weighted by Gasteiger charge is 2.21. The van der Waals surface area contributed by atoms with E-state index in [1.807, 2.05) is 36.5 Å². The monoisotopic (exact) mass is 489 g/mol. The fourth-order valence-electron chi connectivity index (χ4n) is 3.82. The zero-order valence-corrected chi connectivity index (χ0v) is 19.4. The maximum absolute atomic E-state index is 13.6. The number of pyridine rings is 1. The molecule has 2 N–H and O–H groups in total. The molecule has 1 aliphatic rings. The Balaban J connectivity index is 0.00000160. The van der Waals surface area contributed by atoms with Gasteiger partial charge in [-0.2, -0.15) is 0 Å². The lowest BCUT2D eigenvalue weighted by molar-refractivity contribution is 0.353. The van der Waals surface area contributed by atoms with Crippen LogP contribution in [0, 0.1) is 5.82 Å². The van der Waals surface area contributed by atoms with Crippen LogP contribution in [0.2, 0.25) is 10.0 Å². The number of fused-ring (bicyclic) bond motifs is 1. The van der Waals surface area contributed by atoms with Crippen molar-refractivity contribution in [2.75, 3.05) is 5.32 Å². The molecule has 4 rings (SSSR count). The van der Waals surface area contributed by atoms with E-state index in [2.05, 4.69) is 15.6 Å². The quantitative estimate of drug-likeness (QED) is 0.402. The van der Waals surface area contributed by atoms with Gasteiger partial charge in [0.2, 0.25) is 0 Å². The van der Waals surface area contributed by atoms with Gasteiger partial charge in [0.15, 0.2) is 0 Å². The minimum absolute atomic E-state index is 0. The van der Waals surface area contributed by atoms with Crippen molar-refractivity contribution in [2.24, 2.45) is 0 Å². The summed E-state index contributed by atoms with van der Waals surface area (Å²) >= 11 is 11.8. The van der Waals surface area contributed by atoms with Crippen molar-refractivity contribution in [1.29, 1.82) is 0 Å². The molecule has 0 amide bonds. The normalized spacial score (nSPS) is 18.4. The van der Waals surface area contributed by atoms with Gasteiger partial charge in [-0.1, -0.05) is 29.3 Å². The smallest absolute Gasteiger partial charge is 0.142 e. The molecule has 3 aromatic rings. The molecule has 0 radical (unpaired) electrons. The Bertz CT molecular complexity index is 978. The van der Waals surface area contributed by atoms with Crippen molar-refractivity contribution in [3.8, 4) is 0 Å². The van der Waals surface area contributed by atoms with Gasteiger partial charge in [-0.3, -0.25) is 4.98 Å². The van der Waals surface area contributed by atoms with Gasteiger partial charge in [0.05, 0.1) is 10.5 Å². The second kappa shape index (κ2) is 11.4. The second-order valence-electron chi connectivity index (χ2n) is 7.34. The lowest BCUT2D eigenvalue weighted by atomic mass is 9.90. The third kappa shape index (κ3) is 6.12. The van der Waals surface area contributed by atoms with Crippen LogP contribution in [-0.4, -0.2) is 17.1 Å². The first-order chi connectivity index (χ1) is 13.6. The van der Waals surface area contributed by atoms with E-state index < -0.39 is 0 Å². The fraction of sp³-hybridized carbons (Fsp3) is 0.318. The summed E-state index contributed by atoms with van der Waals surface area (Å²) in [6.45, 7) is 0.659. The third-order valence-corrected chi connectivity index (χ3v) is 5.91. The SMILES string of the molecule is Cl.Cl.Fc1cc(CN[C@H]2CC[C@@H](Nc3ccnc4cc(Cl)ccc34)CC2)ccc1Cl. The van der Waals surface area contributed by atoms with Crippen molar-refractivity contribution in [2.45, 2.75) is 44.3 Å². The number of rotatable bonds is 5. The van der Waals surface area contributed by atoms with E-state index >= 15 is 0 Å². The zero-order valence-electron chi connectivity index (χ0n) is 16.2. The van der Waals surface area contributed by atoms with Crippen LogP contribution in [0.4, 0.5) is 10.1 Å². The van der Waals surface area contributed by atoms with E-state index in [4.69, 9.17) is 23.2 Å². The molecule has 1 aromatic heterocycles. The van der Waals surface area contributed by atoms with E-state index in [0.717, 1.165) is 47.8 Å². The van der Waals surface area contributed by atoms with Crippen LogP contribution in [0.1, 0.15) is 31.2 Å². The first-order valence-corrected chi connectivity index (χ1v) is 10.3. The van der Waals surface area contributed by atoms with Gasteiger partial charge in [-0.25, -0.2) is 4.39 Å². The number of aromatic nitrogens is 1. The Labute approximate surface area is 198 Å². The Morgan fingerprint density at radius 1 is 0.933 bits per heavy atom. The van der Waals surface area contributed by atoms with Gasteiger partial charge in [0.25, 0.3) is 0 Å². The van der Waals surface area contributed by atoms with Crippen LogP contribution >= 0.6 is 48.0 Å². The summed E-state index contributed by atoms with van der Waals surface area (Å²) in [7, 11) is 0. The molecule has 0 unspecified atom stereocenters. The van der Waals surface area contributed by atoms with E-state index in [0.29, 0.717) is 23.7 Å². The van der Waals surface area contributed by atoms with Crippen molar-refractivity contribution in [1.82, 2.24) is 10.3 Å². The third-order valence-electron chi connectivity index (χ3n) is 5.37. The number of nitrogens with zero attached hydrogens (tertiary/aromatic N) is 1. The molecule has 1 aliphatic carbocycles. The van der Waals surface area contributed by atoms with Crippen molar-refractivity contribution < 1.29 is 4.39 Å². The molecule has 1 fully saturated rings. The first-order valence-electron chi connectivity index (χ1n) is 9.56. The average molecular weight is 491 g/mol. The summed E-state index contributed by atoms with van der Waals surface area (Å²) in [4.78, 5) is 4.40. The van der Waals surface area contributed by atoms with Crippen molar-refractivity contribution in [3.05, 3.63) is 70.1 Å². The highest BCUT2D eigenvalue weighted by atomic mass is 35.5. The molecule has 3 nitrogen and oxygen atoms in total. The van der Waals surface area contributed by atoms with Gasteiger partial charge in [0, 0.05) is 40.9 Å². The van der Waals surface area contributed by atoms with Gasteiger partial charge < -0.3 is 10.6 Å². The Hall–Kier alpha value is -1.30. The number of hydrogen-bond acceptors (Lipinski definition) is 3. The number of hydrogen-bond donors (Lipinski definition) is 2. The molecule has 0 saturated heterocycles. The molecule has 1 heterocycles. The number of anilines is 1. The molecule has 30 heavy (non-hydrogen) atoms. The fourth-order valence-corrected chi connectivity index (χ4v) is 4.10. The molecule has 0 spiro atoms. The maximum atomic E-state index is 13.6. The molecular formula is C22H24Cl4FN3. The molecule has 162 valence electrons. The zero-order chi connectivity index (χ0) is 19.5. The highest BCUT2D eigenvalue weighted by molar-refractivity contribution is 6.31. The van der Waals surface area contributed by atoms with E-state index in [1.54, 1.807) is 6.07 Å². The van der Waals surface area contributed by atoms with Gasteiger partial charge in [-0.05, 0) is 67.6 Å². The lowest BCUT2D eigenvalue weighted by Gasteiger charge is -2.30. The van der Waals surface area contributed by atoms with Crippen LogP contribution in [0.15, 0.2) is 48.7 Å². The number of nitrogens with one attached hydrogen (secondary N) is 2. The molecular weight excluding hydrogens is 467 g/mol. The van der Waals surface area contributed by atoms with Crippen LogP contribution in [0.5, 0.6) is 0 Å². The van der Waals surface area contributed by atoms with Gasteiger partial charge in [0.1, 0.15) is 5.82 Å².